The quantitative estimate of drug-likeness (QED) is 0.909. The molecule has 0 radical (unpaired) electrons. The summed E-state index contributed by atoms with van der Waals surface area (Å²) in [5.74, 6) is 0.0465. The van der Waals surface area contributed by atoms with Crippen molar-refractivity contribution in [3.63, 3.8) is 0 Å². The molecule has 0 unspecified atom stereocenters. The molecular weight excluding hydrogens is 259 g/mol. The molecule has 106 valence electrons. The van der Waals surface area contributed by atoms with E-state index in [2.05, 4.69) is 0 Å². The number of nitrogens with zero attached hydrogens (tertiary/aromatic N) is 1. The minimum atomic E-state index is -0.374. The molecule has 2 aromatic rings. The van der Waals surface area contributed by atoms with Gasteiger partial charge in [-0.2, -0.15) is 0 Å². The molecular formula is C15H17FN2O2. The maximum atomic E-state index is 13.2. The first-order valence-electron chi connectivity index (χ1n) is 6.41. The lowest BCUT2D eigenvalue weighted by molar-refractivity contribution is 0.291. The van der Waals surface area contributed by atoms with E-state index in [4.69, 9.17) is 10.5 Å². The van der Waals surface area contributed by atoms with Crippen LogP contribution in [0.3, 0.4) is 0 Å². The van der Waals surface area contributed by atoms with Crippen LogP contribution in [0.1, 0.15) is 18.5 Å². The molecule has 0 spiro atoms. The first-order chi connectivity index (χ1) is 9.58. The molecule has 5 heteroatoms. The first kappa shape index (κ1) is 14.3. The molecule has 0 aliphatic rings. The molecule has 0 fully saturated rings. The lowest BCUT2D eigenvalue weighted by Gasteiger charge is -2.14. The maximum Gasteiger partial charge on any atom is 0.250 e. The highest BCUT2D eigenvalue weighted by molar-refractivity contribution is 5.36. The van der Waals surface area contributed by atoms with Gasteiger partial charge in [-0.1, -0.05) is 12.1 Å². The monoisotopic (exact) mass is 276 g/mol. The van der Waals surface area contributed by atoms with Gasteiger partial charge in [-0.3, -0.25) is 4.79 Å². The summed E-state index contributed by atoms with van der Waals surface area (Å²) in [5, 5.41) is 0. The van der Waals surface area contributed by atoms with E-state index in [9.17, 15) is 9.18 Å². The molecule has 0 aliphatic heterocycles. The molecule has 1 atom stereocenters. The van der Waals surface area contributed by atoms with Crippen LogP contribution in [0.2, 0.25) is 0 Å². The number of nitrogens with two attached hydrogens (primary N) is 1. The molecule has 1 aromatic heterocycles. The number of pyridine rings is 1. The lowest BCUT2D eigenvalue weighted by Crippen LogP contribution is -2.21. The van der Waals surface area contributed by atoms with E-state index in [1.54, 1.807) is 24.4 Å². The van der Waals surface area contributed by atoms with E-state index < -0.39 is 0 Å². The van der Waals surface area contributed by atoms with Gasteiger partial charge in [0.1, 0.15) is 18.2 Å². The number of hydrogen-bond acceptors (Lipinski definition) is 3. The Labute approximate surface area is 116 Å². The highest BCUT2D eigenvalue weighted by atomic mass is 19.1. The smallest absolute Gasteiger partial charge is 0.250 e. The van der Waals surface area contributed by atoms with Crippen molar-refractivity contribution in [3.05, 3.63) is 64.3 Å². The number of halogens is 1. The second-order valence-electron chi connectivity index (χ2n) is 4.55. The zero-order valence-corrected chi connectivity index (χ0v) is 11.3. The molecule has 20 heavy (non-hydrogen) atoms. The van der Waals surface area contributed by atoms with Crippen molar-refractivity contribution in [2.75, 3.05) is 6.61 Å². The third-order valence-corrected chi connectivity index (χ3v) is 2.95. The molecule has 2 N–H and O–H groups in total. The fourth-order valence-corrected chi connectivity index (χ4v) is 1.91. The van der Waals surface area contributed by atoms with Crippen LogP contribution in [0.25, 0.3) is 0 Å². The largest absolute Gasteiger partial charge is 0.491 e. The minimum absolute atomic E-state index is 0.0947. The topological polar surface area (TPSA) is 57.2 Å². The van der Waals surface area contributed by atoms with Gasteiger partial charge in [-0.15, -0.1) is 0 Å². The molecule has 4 nitrogen and oxygen atoms in total. The predicted molar refractivity (Wildman–Crippen MR) is 75.2 cm³/mol. The van der Waals surface area contributed by atoms with Crippen molar-refractivity contribution in [3.8, 4) is 5.75 Å². The van der Waals surface area contributed by atoms with E-state index in [0.717, 1.165) is 5.56 Å². The highest BCUT2D eigenvalue weighted by Gasteiger charge is 2.09. The number of aromatic nitrogens is 1. The minimum Gasteiger partial charge on any atom is -0.491 e. The maximum absolute atomic E-state index is 13.2. The molecule has 2 rings (SSSR count). The van der Waals surface area contributed by atoms with Gasteiger partial charge in [0.25, 0.3) is 5.56 Å². The summed E-state index contributed by atoms with van der Waals surface area (Å²) in [6.07, 6.45) is 1.68. The van der Waals surface area contributed by atoms with Crippen LogP contribution in [0.5, 0.6) is 5.75 Å². The van der Waals surface area contributed by atoms with Crippen LogP contribution in [0.15, 0.2) is 47.4 Å². The summed E-state index contributed by atoms with van der Waals surface area (Å²) in [4.78, 5) is 11.5. The zero-order chi connectivity index (χ0) is 14.5. The predicted octanol–water partition coefficient (Wildman–Crippen LogP) is 2.09. The fraction of sp³-hybridized carbons (Fsp3) is 0.267. The lowest BCUT2D eigenvalue weighted by atomic mass is 10.1. The molecule has 0 saturated carbocycles. The normalized spacial score (nSPS) is 12.2. The zero-order valence-electron chi connectivity index (χ0n) is 11.3. The Kier molecular flexibility index (Phi) is 4.53. The Balaban J connectivity index is 2.06. The van der Waals surface area contributed by atoms with E-state index in [1.165, 1.54) is 22.8 Å². The third-order valence-electron chi connectivity index (χ3n) is 2.95. The number of hydrogen-bond donors (Lipinski definition) is 1. The third kappa shape index (κ3) is 3.45. The van der Waals surface area contributed by atoms with Crippen molar-refractivity contribution in [1.82, 2.24) is 4.57 Å². The summed E-state index contributed by atoms with van der Waals surface area (Å²) in [7, 11) is 0. The molecule has 1 aromatic carbocycles. The van der Waals surface area contributed by atoms with Crippen molar-refractivity contribution < 1.29 is 9.13 Å². The second kappa shape index (κ2) is 6.34. The highest BCUT2D eigenvalue weighted by Crippen LogP contribution is 2.24. The Morgan fingerprint density at radius 1 is 1.35 bits per heavy atom. The summed E-state index contributed by atoms with van der Waals surface area (Å²) < 4.78 is 20.3. The summed E-state index contributed by atoms with van der Waals surface area (Å²) >= 11 is 0. The van der Waals surface area contributed by atoms with Gasteiger partial charge >= 0.3 is 0 Å². The van der Waals surface area contributed by atoms with Gasteiger partial charge in [0.05, 0.1) is 6.54 Å². The Morgan fingerprint density at radius 3 is 2.85 bits per heavy atom. The average Bonchev–Trinajstić information content (AvgIpc) is 2.41. The first-order valence-corrected chi connectivity index (χ1v) is 6.41. The van der Waals surface area contributed by atoms with E-state index in [0.29, 0.717) is 12.3 Å². The molecule has 0 bridgehead atoms. The van der Waals surface area contributed by atoms with Gasteiger partial charge in [-0.25, -0.2) is 4.39 Å². The van der Waals surface area contributed by atoms with Crippen molar-refractivity contribution in [2.24, 2.45) is 5.73 Å². The van der Waals surface area contributed by atoms with E-state index in [1.807, 2.05) is 6.92 Å². The fourth-order valence-electron chi connectivity index (χ4n) is 1.91. The van der Waals surface area contributed by atoms with E-state index >= 15 is 0 Å². The van der Waals surface area contributed by atoms with Crippen LogP contribution < -0.4 is 16.0 Å². The van der Waals surface area contributed by atoms with Gasteiger partial charge in [0.15, 0.2) is 0 Å². The summed E-state index contributed by atoms with van der Waals surface area (Å²) in [5.41, 5.74) is 6.46. The molecule has 0 saturated heterocycles. The van der Waals surface area contributed by atoms with Crippen LogP contribution in [0.4, 0.5) is 4.39 Å². The van der Waals surface area contributed by atoms with Crippen molar-refractivity contribution >= 4 is 0 Å². The Morgan fingerprint density at radius 2 is 2.15 bits per heavy atom. The molecule has 0 aliphatic carbocycles. The van der Waals surface area contributed by atoms with Gasteiger partial charge in [-0.05, 0) is 19.1 Å². The van der Waals surface area contributed by atoms with Crippen LogP contribution >= 0.6 is 0 Å². The number of benzene rings is 1. The van der Waals surface area contributed by atoms with Gasteiger partial charge in [0.2, 0.25) is 0 Å². The van der Waals surface area contributed by atoms with Crippen LogP contribution in [-0.2, 0) is 6.54 Å². The summed E-state index contributed by atoms with van der Waals surface area (Å²) in [6.45, 7) is 2.48. The van der Waals surface area contributed by atoms with Crippen molar-refractivity contribution in [1.29, 1.82) is 0 Å². The Hall–Kier alpha value is -2.14. The summed E-state index contributed by atoms with van der Waals surface area (Å²) in [6, 6.07) is 8.97. The Bertz CT molecular complexity index is 638. The molecule has 1 heterocycles. The van der Waals surface area contributed by atoms with Gasteiger partial charge in [0, 0.05) is 29.9 Å². The molecule has 0 amide bonds. The standard InChI is InChI=1S/C15H17FN2O2/c1-11(17)13-6-5-12(16)10-14(13)20-9-8-18-7-3-2-4-15(18)19/h2-7,10-11H,8-9,17H2,1H3/t11-/m1/s1. The van der Waals surface area contributed by atoms with Crippen molar-refractivity contribution in [2.45, 2.75) is 19.5 Å². The number of rotatable bonds is 5. The van der Waals surface area contributed by atoms with Crippen LogP contribution in [-0.4, -0.2) is 11.2 Å². The van der Waals surface area contributed by atoms with Crippen LogP contribution in [0, 0.1) is 5.82 Å². The van der Waals surface area contributed by atoms with E-state index in [-0.39, 0.29) is 24.0 Å². The number of ether oxygens (including phenoxy) is 1. The van der Waals surface area contributed by atoms with Gasteiger partial charge < -0.3 is 15.0 Å². The second-order valence-corrected chi connectivity index (χ2v) is 4.55. The average molecular weight is 276 g/mol. The SMILES string of the molecule is C[C@@H](N)c1ccc(F)cc1OCCn1ccccc1=O.